The predicted molar refractivity (Wildman–Crippen MR) is 104 cm³/mol. The third kappa shape index (κ3) is 4.75. The van der Waals surface area contributed by atoms with Crippen molar-refractivity contribution >= 4 is 33.6 Å². The standard InChI is InChI=1S/C19H17ClN2O4S/c1-25-16-11-13(7-9-17(16)27(2,23)24)12-18-21-19(26-22-18)10-8-14-5-3-4-6-15(14)20/h3-11H,12H2,1-2H3. The summed E-state index contributed by atoms with van der Waals surface area (Å²) in [4.78, 5) is 4.45. The molecule has 1 aromatic heterocycles. The summed E-state index contributed by atoms with van der Waals surface area (Å²) in [6, 6.07) is 12.3. The molecule has 0 saturated heterocycles. The second-order valence-corrected chi connectivity index (χ2v) is 8.23. The molecule has 6 nitrogen and oxygen atoms in total. The van der Waals surface area contributed by atoms with Crippen molar-refractivity contribution in [1.29, 1.82) is 0 Å². The van der Waals surface area contributed by atoms with Crippen molar-refractivity contribution in [2.75, 3.05) is 13.4 Å². The number of nitrogens with zero attached hydrogens (tertiary/aromatic N) is 2. The highest BCUT2D eigenvalue weighted by atomic mass is 35.5. The van der Waals surface area contributed by atoms with E-state index < -0.39 is 9.84 Å². The monoisotopic (exact) mass is 404 g/mol. The van der Waals surface area contributed by atoms with Gasteiger partial charge >= 0.3 is 0 Å². The number of ether oxygens (including phenoxy) is 1. The Morgan fingerprint density at radius 2 is 1.96 bits per heavy atom. The van der Waals surface area contributed by atoms with Gasteiger partial charge in [-0.2, -0.15) is 4.98 Å². The summed E-state index contributed by atoms with van der Waals surface area (Å²) in [5.41, 5.74) is 1.65. The smallest absolute Gasteiger partial charge is 0.250 e. The molecule has 0 N–H and O–H groups in total. The van der Waals surface area contributed by atoms with Crippen molar-refractivity contribution in [2.45, 2.75) is 11.3 Å². The van der Waals surface area contributed by atoms with Gasteiger partial charge in [0.2, 0.25) is 0 Å². The molecule has 0 aliphatic carbocycles. The fourth-order valence-electron chi connectivity index (χ4n) is 2.49. The van der Waals surface area contributed by atoms with Gasteiger partial charge in [0.1, 0.15) is 10.6 Å². The first-order valence-corrected chi connectivity index (χ1v) is 10.3. The van der Waals surface area contributed by atoms with Crippen LogP contribution in [0, 0.1) is 0 Å². The van der Waals surface area contributed by atoms with Crippen LogP contribution in [0.2, 0.25) is 5.02 Å². The quantitative estimate of drug-likeness (QED) is 0.619. The summed E-state index contributed by atoms with van der Waals surface area (Å²) in [5.74, 6) is 1.12. The van der Waals surface area contributed by atoms with Gasteiger partial charge in [-0.3, -0.25) is 0 Å². The highest BCUT2D eigenvalue weighted by Gasteiger charge is 2.15. The lowest BCUT2D eigenvalue weighted by Crippen LogP contribution is -2.02. The number of benzene rings is 2. The minimum Gasteiger partial charge on any atom is -0.495 e. The Morgan fingerprint density at radius 3 is 2.67 bits per heavy atom. The van der Waals surface area contributed by atoms with Crippen LogP contribution in [0.4, 0.5) is 0 Å². The van der Waals surface area contributed by atoms with E-state index in [0.717, 1.165) is 17.4 Å². The Labute approximate surface area is 162 Å². The number of hydrogen-bond donors (Lipinski definition) is 0. The Bertz CT molecular complexity index is 1090. The molecule has 2 aromatic carbocycles. The van der Waals surface area contributed by atoms with E-state index >= 15 is 0 Å². The molecule has 0 unspecified atom stereocenters. The van der Waals surface area contributed by atoms with Crippen LogP contribution in [0.1, 0.15) is 22.8 Å². The van der Waals surface area contributed by atoms with Crippen molar-refractivity contribution < 1.29 is 17.7 Å². The molecule has 1 heterocycles. The van der Waals surface area contributed by atoms with Crippen LogP contribution in [-0.4, -0.2) is 31.9 Å². The van der Waals surface area contributed by atoms with Gasteiger partial charge in [0.15, 0.2) is 15.7 Å². The Morgan fingerprint density at radius 1 is 1.19 bits per heavy atom. The zero-order valence-electron chi connectivity index (χ0n) is 14.7. The molecule has 3 rings (SSSR count). The number of methoxy groups -OCH3 is 1. The van der Waals surface area contributed by atoms with Crippen molar-refractivity contribution in [3.63, 3.8) is 0 Å². The summed E-state index contributed by atoms with van der Waals surface area (Å²) in [7, 11) is -1.93. The van der Waals surface area contributed by atoms with E-state index in [9.17, 15) is 8.42 Å². The van der Waals surface area contributed by atoms with Gasteiger partial charge in [-0.05, 0) is 35.4 Å². The molecule has 27 heavy (non-hydrogen) atoms. The molecule has 0 spiro atoms. The van der Waals surface area contributed by atoms with E-state index in [1.165, 1.54) is 13.2 Å². The average molecular weight is 405 g/mol. The number of halogens is 1. The van der Waals surface area contributed by atoms with E-state index in [4.69, 9.17) is 20.9 Å². The second kappa shape index (κ2) is 7.94. The molecular formula is C19H17ClN2O4S. The third-order valence-electron chi connectivity index (χ3n) is 3.78. The van der Waals surface area contributed by atoms with Gasteiger partial charge in [-0.15, -0.1) is 0 Å². The molecule has 0 saturated carbocycles. The Hall–Kier alpha value is -2.64. The minimum atomic E-state index is -3.36. The summed E-state index contributed by atoms with van der Waals surface area (Å²) < 4.78 is 33.9. The molecule has 0 aliphatic rings. The molecule has 0 amide bonds. The lowest BCUT2D eigenvalue weighted by atomic mass is 10.1. The molecule has 140 valence electrons. The van der Waals surface area contributed by atoms with E-state index in [2.05, 4.69) is 10.1 Å². The molecule has 0 atom stereocenters. The molecule has 0 aliphatic heterocycles. The van der Waals surface area contributed by atoms with E-state index in [1.54, 1.807) is 30.4 Å². The van der Waals surface area contributed by atoms with Crippen molar-refractivity contribution in [1.82, 2.24) is 10.1 Å². The van der Waals surface area contributed by atoms with Crippen LogP contribution >= 0.6 is 11.6 Å². The number of hydrogen-bond acceptors (Lipinski definition) is 6. The zero-order valence-corrected chi connectivity index (χ0v) is 16.3. The fraction of sp³-hybridized carbons (Fsp3) is 0.158. The SMILES string of the molecule is COc1cc(Cc2noc(C=Cc3ccccc3Cl)n2)ccc1S(C)(=O)=O. The number of rotatable bonds is 6. The van der Waals surface area contributed by atoms with Gasteiger partial charge < -0.3 is 9.26 Å². The lowest BCUT2D eigenvalue weighted by Gasteiger charge is -2.08. The van der Waals surface area contributed by atoms with Crippen molar-refractivity contribution in [3.05, 3.63) is 70.3 Å². The maximum Gasteiger partial charge on any atom is 0.250 e. The van der Waals surface area contributed by atoms with Crippen LogP contribution < -0.4 is 4.74 Å². The summed E-state index contributed by atoms with van der Waals surface area (Å²) in [6.45, 7) is 0. The highest BCUT2D eigenvalue weighted by molar-refractivity contribution is 7.90. The minimum absolute atomic E-state index is 0.144. The largest absolute Gasteiger partial charge is 0.495 e. The highest BCUT2D eigenvalue weighted by Crippen LogP contribution is 2.26. The number of sulfone groups is 1. The zero-order chi connectivity index (χ0) is 19.4. The molecule has 3 aromatic rings. The number of aromatic nitrogens is 2. The first-order valence-electron chi connectivity index (χ1n) is 7.99. The molecule has 8 heteroatoms. The van der Waals surface area contributed by atoms with Gasteiger partial charge in [-0.1, -0.05) is 41.0 Å². The fourth-order valence-corrected chi connectivity index (χ4v) is 3.51. The first kappa shape index (κ1) is 19.1. The normalized spacial score (nSPS) is 11.8. The van der Waals surface area contributed by atoms with Gasteiger partial charge in [0.05, 0.1) is 7.11 Å². The topological polar surface area (TPSA) is 82.3 Å². The molecule has 0 fully saturated rings. The van der Waals surface area contributed by atoms with Crippen LogP contribution in [0.25, 0.3) is 12.2 Å². The maximum absolute atomic E-state index is 11.8. The lowest BCUT2D eigenvalue weighted by molar-refractivity contribution is 0.401. The third-order valence-corrected chi connectivity index (χ3v) is 5.26. The van der Waals surface area contributed by atoms with Crippen LogP contribution in [0.5, 0.6) is 5.75 Å². The molecule has 0 bridgehead atoms. The van der Waals surface area contributed by atoms with E-state index in [-0.39, 0.29) is 10.6 Å². The maximum atomic E-state index is 11.8. The molecular weight excluding hydrogens is 388 g/mol. The molecule has 0 radical (unpaired) electrons. The first-order chi connectivity index (χ1) is 12.9. The van der Waals surface area contributed by atoms with Crippen LogP contribution in [0.3, 0.4) is 0 Å². The van der Waals surface area contributed by atoms with Gasteiger partial charge in [0, 0.05) is 23.8 Å². The van der Waals surface area contributed by atoms with Crippen LogP contribution in [-0.2, 0) is 16.3 Å². The predicted octanol–water partition coefficient (Wildman–Crippen LogP) is 3.90. The summed E-state index contributed by atoms with van der Waals surface area (Å²) in [5, 5.41) is 4.57. The second-order valence-electron chi connectivity index (χ2n) is 5.84. The Kier molecular flexibility index (Phi) is 5.62. The summed E-state index contributed by atoms with van der Waals surface area (Å²) in [6.07, 6.45) is 5.00. The van der Waals surface area contributed by atoms with Gasteiger partial charge in [0.25, 0.3) is 5.89 Å². The average Bonchev–Trinajstić information content (AvgIpc) is 3.07. The van der Waals surface area contributed by atoms with Crippen LogP contribution in [0.15, 0.2) is 51.9 Å². The Balaban J connectivity index is 1.77. The van der Waals surface area contributed by atoms with Crippen molar-refractivity contribution in [2.24, 2.45) is 0 Å². The summed E-state index contributed by atoms with van der Waals surface area (Å²) >= 11 is 6.10. The van der Waals surface area contributed by atoms with E-state index in [1.807, 2.05) is 18.2 Å². The van der Waals surface area contributed by atoms with E-state index in [0.29, 0.717) is 23.2 Å². The van der Waals surface area contributed by atoms with Crippen molar-refractivity contribution in [3.8, 4) is 5.75 Å². The van der Waals surface area contributed by atoms with Gasteiger partial charge in [-0.25, -0.2) is 8.42 Å².